The number of rotatable bonds is 11. The van der Waals surface area contributed by atoms with E-state index >= 15 is 0 Å². The summed E-state index contributed by atoms with van der Waals surface area (Å²) in [5.41, 5.74) is 0.806. The van der Waals surface area contributed by atoms with Gasteiger partial charge in [0.2, 0.25) is 5.91 Å². The number of unbranched alkanes of at least 4 members (excludes halogenated alkanes) is 1. The lowest BCUT2D eigenvalue weighted by molar-refractivity contribution is -0.137. The Hall–Kier alpha value is -2.18. The molecule has 3 N–H and O–H groups in total. The molecule has 0 saturated carbocycles. The SMILES string of the molecule is CC(NC[C@H]1[C@@H](CC=CCCCC(=O)O)[C@H]2CC[C@@H]1O2)C(=O)Nc1ccccc1. The number of carboxylic acids is 1. The first kappa shape index (κ1) is 21.5. The standard InChI is InChI=1S/C23H32N2O4/c1-16(23(28)25-17-9-5-4-6-10-17)24-15-19-18(20-13-14-21(19)29-20)11-7-2-3-8-12-22(26)27/h2,4-7,9-10,16,18-21,24H,3,8,11-15H2,1H3,(H,25,28)(H,26,27)/t16?,18-,19+,20-,21+/m1/s1. The van der Waals surface area contributed by atoms with Crippen LogP contribution in [-0.4, -0.2) is 41.8 Å². The fourth-order valence-electron chi connectivity index (χ4n) is 4.40. The van der Waals surface area contributed by atoms with Crippen molar-refractivity contribution in [3.05, 3.63) is 42.5 Å². The number of para-hydroxylation sites is 1. The summed E-state index contributed by atoms with van der Waals surface area (Å²) in [6.45, 7) is 2.66. The normalized spacial score (nSPS) is 26.7. The number of amides is 1. The Balaban J connectivity index is 1.45. The number of aliphatic carboxylic acids is 1. The third kappa shape index (κ3) is 6.15. The smallest absolute Gasteiger partial charge is 0.303 e. The van der Waals surface area contributed by atoms with Gasteiger partial charge in [-0.05, 0) is 57.1 Å². The van der Waals surface area contributed by atoms with Gasteiger partial charge in [0.1, 0.15) is 0 Å². The van der Waals surface area contributed by atoms with Crippen molar-refractivity contribution in [2.75, 3.05) is 11.9 Å². The quantitative estimate of drug-likeness (QED) is 0.390. The van der Waals surface area contributed by atoms with E-state index in [1.807, 2.05) is 37.3 Å². The zero-order valence-electron chi connectivity index (χ0n) is 17.0. The number of carbonyl (C=O) groups excluding carboxylic acids is 1. The van der Waals surface area contributed by atoms with Gasteiger partial charge >= 0.3 is 5.97 Å². The number of nitrogens with one attached hydrogen (secondary N) is 2. The zero-order chi connectivity index (χ0) is 20.6. The van der Waals surface area contributed by atoms with Crippen LogP contribution in [-0.2, 0) is 14.3 Å². The first-order valence-corrected chi connectivity index (χ1v) is 10.7. The van der Waals surface area contributed by atoms with Crippen molar-refractivity contribution in [2.24, 2.45) is 11.8 Å². The number of fused-ring (bicyclic) bond motifs is 2. The molecule has 2 aliphatic rings. The molecule has 2 aliphatic heterocycles. The van der Waals surface area contributed by atoms with Gasteiger partial charge < -0.3 is 20.5 Å². The molecular formula is C23H32N2O4. The zero-order valence-corrected chi connectivity index (χ0v) is 17.0. The largest absolute Gasteiger partial charge is 0.481 e. The van der Waals surface area contributed by atoms with Crippen LogP contribution in [0.4, 0.5) is 5.69 Å². The van der Waals surface area contributed by atoms with Crippen molar-refractivity contribution < 1.29 is 19.4 Å². The number of benzene rings is 1. The van der Waals surface area contributed by atoms with Crippen LogP contribution in [0.1, 0.15) is 45.4 Å². The summed E-state index contributed by atoms with van der Waals surface area (Å²) >= 11 is 0. The van der Waals surface area contributed by atoms with E-state index in [0.29, 0.717) is 24.4 Å². The molecule has 0 spiro atoms. The van der Waals surface area contributed by atoms with Gasteiger partial charge in [-0.15, -0.1) is 0 Å². The molecule has 3 rings (SSSR count). The predicted octanol–water partition coefficient (Wildman–Crippen LogP) is 3.60. The van der Waals surface area contributed by atoms with Gasteiger partial charge in [-0.2, -0.15) is 0 Å². The molecule has 158 valence electrons. The molecular weight excluding hydrogens is 368 g/mol. The average molecular weight is 401 g/mol. The maximum atomic E-state index is 12.4. The molecule has 1 aromatic rings. The lowest BCUT2D eigenvalue weighted by Crippen LogP contribution is -2.43. The molecule has 0 radical (unpaired) electrons. The number of carboxylic acid groups (broad SMARTS) is 1. The van der Waals surface area contributed by atoms with Gasteiger partial charge in [-0.1, -0.05) is 30.4 Å². The van der Waals surface area contributed by atoms with Gasteiger partial charge in [0.15, 0.2) is 0 Å². The van der Waals surface area contributed by atoms with Crippen molar-refractivity contribution in [1.82, 2.24) is 5.32 Å². The number of carbonyl (C=O) groups is 2. The van der Waals surface area contributed by atoms with Crippen molar-refractivity contribution >= 4 is 17.6 Å². The van der Waals surface area contributed by atoms with Crippen LogP contribution in [0, 0.1) is 11.8 Å². The Morgan fingerprint density at radius 2 is 1.90 bits per heavy atom. The first-order valence-electron chi connectivity index (χ1n) is 10.7. The Kier molecular flexibility index (Phi) is 7.83. The third-order valence-electron chi connectivity index (χ3n) is 6.02. The van der Waals surface area contributed by atoms with E-state index in [-0.39, 0.29) is 24.5 Å². The van der Waals surface area contributed by atoms with Crippen LogP contribution in [0.3, 0.4) is 0 Å². The van der Waals surface area contributed by atoms with Crippen molar-refractivity contribution in [1.29, 1.82) is 0 Å². The number of anilines is 1. The second-order valence-electron chi connectivity index (χ2n) is 8.10. The topological polar surface area (TPSA) is 87.7 Å². The van der Waals surface area contributed by atoms with E-state index in [4.69, 9.17) is 9.84 Å². The second-order valence-corrected chi connectivity index (χ2v) is 8.10. The summed E-state index contributed by atoms with van der Waals surface area (Å²) in [5.74, 6) is 0.0948. The minimum atomic E-state index is -0.739. The number of allylic oxidation sites excluding steroid dienone is 2. The van der Waals surface area contributed by atoms with Crippen molar-refractivity contribution in [3.8, 4) is 0 Å². The van der Waals surface area contributed by atoms with Crippen LogP contribution in [0.2, 0.25) is 0 Å². The second kappa shape index (κ2) is 10.6. The summed E-state index contributed by atoms with van der Waals surface area (Å²) in [5, 5.41) is 15.0. The van der Waals surface area contributed by atoms with Gasteiger partial charge in [0, 0.05) is 24.6 Å². The molecule has 2 saturated heterocycles. The molecule has 1 amide bonds. The van der Waals surface area contributed by atoms with E-state index < -0.39 is 5.97 Å². The Bertz CT molecular complexity index is 706. The molecule has 29 heavy (non-hydrogen) atoms. The molecule has 6 heteroatoms. The summed E-state index contributed by atoms with van der Waals surface area (Å²) in [7, 11) is 0. The number of hydrogen-bond acceptors (Lipinski definition) is 4. The van der Waals surface area contributed by atoms with Gasteiger partial charge in [-0.25, -0.2) is 0 Å². The van der Waals surface area contributed by atoms with Gasteiger partial charge in [0.25, 0.3) is 0 Å². The lowest BCUT2D eigenvalue weighted by atomic mass is 9.77. The van der Waals surface area contributed by atoms with Crippen LogP contribution in [0.15, 0.2) is 42.5 Å². The van der Waals surface area contributed by atoms with Crippen molar-refractivity contribution in [3.63, 3.8) is 0 Å². The molecule has 2 heterocycles. The summed E-state index contributed by atoms with van der Waals surface area (Å²) in [4.78, 5) is 23.0. The fourth-order valence-corrected chi connectivity index (χ4v) is 4.40. The van der Waals surface area contributed by atoms with Crippen LogP contribution < -0.4 is 10.6 Å². The number of ether oxygens (including phenoxy) is 1. The average Bonchev–Trinajstić information content (AvgIpc) is 3.31. The molecule has 2 fully saturated rings. The number of hydrogen-bond donors (Lipinski definition) is 3. The maximum Gasteiger partial charge on any atom is 0.303 e. The Morgan fingerprint density at radius 3 is 2.62 bits per heavy atom. The Labute approximate surface area is 172 Å². The fraction of sp³-hybridized carbons (Fsp3) is 0.565. The molecule has 5 atom stereocenters. The predicted molar refractivity (Wildman–Crippen MR) is 113 cm³/mol. The summed E-state index contributed by atoms with van der Waals surface area (Å²) in [6, 6.07) is 9.22. The molecule has 0 aliphatic carbocycles. The third-order valence-corrected chi connectivity index (χ3v) is 6.02. The van der Waals surface area contributed by atoms with Crippen LogP contribution in [0.25, 0.3) is 0 Å². The molecule has 0 aromatic heterocycles. The van der Waals surface area contributed by atoms with E-state index in [1.54, 1.807) is 0 Å². The highest BCUT2D eigenvalue weighted by molar-refractivity contribution is 5.94. The minimum Gasteiger partial charge on any atom is -0.481 e. The van der Waals surface area contributed by atoms with Crippen molar-refractivity contribution in [2.45, 2.75) is 63.7 Å². The summed E-state index contributed by atoms with van der Waals surface area (Å²) in [6.07, 6.45) is 9.72. The summed E-state index contributed by atoms with van der Waals surface area (Å²) < 4.78 is 6.14. The first-order chi connectivity index (χ1) is 14.0. The van der Waals surface area contributed by atoms with E-state index in [1.165, 1.54) is 0 Å². The maximum absolute atomic E-state index is 12.4. The van der Waals surface area contributed by atoms with Gasteiger partial charge in [-0.3, -0.25) is 9.59 Å². The van der Waals surface area contributed by atoms with E-state index in [9.17, 15) is 9.59 Å². The minimum absolute atomic E-state index is 0.0323. The van der Waals surface area contributed by atoms with E-state index in [2.05, 4.69) is 22.8 Å². The monoisotopic (exact) mass is 400 g/mol. The van der Waals surface area contributed by atoms with Gasteiger partial charge in [0.05, 0.1) is 18.2 Å². The molecule has 2 bridgehead atoms. The highest BCUT2D eigenvalue weighted by Gasteiger charge is 2.47. The molecule has 1 aromatic carbocycles. The van der Waals surface area contributed by atoms with Crippen LogP contribution >= 0.6 is 0 Å². The Morgan fingerprint density at radius 1 is 1.17 bits per heavy atom. The lowest BCUT2D eigenvalue weighted by Gasteiger charge is -2.28. The van der Waals surface area contributed by atoms with E-state index in [0.717, 1.165) is 37.9 Å². The highest BCUT2D eigenvalue weighted by Crippen LogP contribution is 2.44. The molecule has 1 unspecified atom stereocenters. The van der Waals surface area contributed by atoms with Crippen LogP contribution in [0.5, 0.6) is 0 Å². The molecule has 6 nitrogen and oxygen atoms in total. The highest BCUT2D eigenvalue weighted by atomic mass is 16.5.